The van der Waals surface area contributed by atoms with Crippen molar-refractivity contribution in [2.24, 2.45) is 0 Å². The van der Waals surface area contributed by atoms with Gasteiger partial charge in [-0.15, -0.1) is 0 Å². The zero-order valence-corrected chi connectivity index (χ0v) is 8.87. The van der Waals surface area contributed by atoms with E-state index >= 15 is 0 Å². The van der Waals surface area contributed by atoms with Crippen molar-refractivity contribution in [3.63, 3.8) is 0 Å². The minimum absolute atomic E-state index is 0.836. The van der Waals surface area contributed by atoms with Gasteiger partial charge in [0, 0.05) is 17.2 Å². The second-order valence-electron chi connectivity index (χ2n) is 2.85. The van der Waals surface area contributed by atoms with Crippen molar-refractivity contribution in [1.29, 1.82) is 0 Å². The third kappa shape index (κ3) is 1.59. The lowest BCUT2D eigenvalue weighted by Gasteiger charge is -1.99. The lowest BCUT2D eigenvalue weighted by atomic mass is 10.4. The van der Waals surface area contributed by atoms with E-state index in [2.05, 4.69) is 30.6 Å². The molecule has 0 aromatic carbocycles. The fourth-order valence-electron chi connectivity index (χ4n) is 1.32. The van der Waals surface area contributed by atoms with E-state index in [1.165, 1.54) is 5.69 Å². The van der Waals surface area contributed by atoms with Crippen molar-refractivity contribution in [2.45, 2.75) is 6.54 Å². The summed E-state index contributed by atoms with van der Waals surface area (Å²) in [5.41, 5.74) is 2.14. The number of pyridine rings is 1. The van der Waals surface area contributed by atoms with Crippen LogP contribution in [0.2, 0.25) is 0 Å². The average Bonchev–Trinajstić information content (AvgIpc) is 2.49. The zero-order chi connectivity index (χ0) is 9.26. The van der Waals surface area contributed by atoms with Crippen LogP contribution in [-0.2, 0) is 6.54 Å². The number of fused-ring (bicyclic) bond motifs is 1. The van der Waals surface area contributed by atoms with Gasteiger partial charge in [0.05, 0.1) is 11.9 Å². The van der Waals surface area contributed by atoms with Crippen LogP contribution in [0.5, 0.6) is 0 Å². The van der Waals surface area contributed by atoms with Gasteiger partial charge in [-0.25, -0.2) is 4.98 Å². The molecular formula is C9H10BrN3. The van der Waals surface area contributed by atoms with E-state index in [0.717, 1.165) is 16.7 Å². The molecule has 4 heteroatoms. The molecule has 0 atom stereocenters. The van der Waals surface area contributed by atoms with Gasteiger partial charge in [-0.2, -0.15) is 0 Å². The highest BCUT2D eigenvalue weighted by Gasteiger charge is 2.01. The Kier molecular flexibility index (Phi) is 2.33. The van der Waals surface area contributed by atoms with Gasteiger partial charge >= 0.3 is 0 Å². The Morgan fingerprint density at radius 1 is 1.62 bits per heavy atom. The molecule has 0 saturated carbocycles. The van der Waals surface area contributed by atoms with E-state index in [4.69, 9.17) is 0 Å². The summed E-state index contributed by atoms with van der Waals surface area (Å²) in [6.07, 6.45) is 3.90. The number of hydrogen-bond donors (Lipinski definition) is 1. The third-order valence-electron chi connectivity index (χ3n) is 1.91. The smallest absolute Gasteiger partial charge is 0.138 e. The summed E-state index contributed by atoms with van der Waals surface area (Å²) in [7, 11) is 1.93. The van der Waals surface area contributed by atoms with Gasteiger partial charge in [0.1, 0.15) is 5.65 Å². The minimum Gasteiger partial charge on any atom is -0.314 e. The summed E-state index contributed by atoms with van der Waals surface area (Å²) in [5.74, 6) is 0. The number of hydrogen-bond acceptors (Lipinski definition) is 2. The fourth-order valence-corrected chi connectivity index (χ4v) is 1.64. The molecule has 2 aromatic rings. The fraction of sp³-hybridized carbons (Fsp3) is 0.222. The molecule has 0 bridgehead atoms. The first-order valence-electron chi connectivity index (χ1n) is 4.07. The summed E-state index contributed by atoms with van der Waals surface area (Å²) >= 11 is 3.41. The first-order valence-corrected chi connectivity index (χ1v) is 4.86. The maximum Gasteiger partial charge on any atom is 0.138 e. The molecule has 1 N–H and O–H groups in total. The topological polar surface area (TPSA) is 29.3 Å². The Labute approximate surface area is 84.9 Å². The summed E-state index contributed by atoms with van der Waals surface area (Å²) in [5, 5.41) is 3.10. The highest BCUT2D eigenvalue weighted by atomic mass is 79.9. The van der Waals surface area contributed by atoms with Crippen molar-refractivity contribution in [2.75, 3.05) is 7.05 Å². The predicted molar refractivity (Wildman–Crippen MR) is 55.7 cm³/mol. The molecule has 2 rings (SSSR count). The van der Waals surface area contributed by atoms with E-state index in [1.807, 2.05) is 31.6 Å². The first kappa shape index (κ1) is 8.72. The molecule has 0 amide bonds. The second kappa shape index (κ2) is 3.47. The Hall–Kier alpha value is -0.870. The van der Waals surface area contributed by atoms with Crippen molar-refractivity contribution < 1.29 is 0 Å². The SMILES string of the molecule is CNCc1cnc2cc(Br)ccn12. The number of nitrogens with one attached hydrogen (secondary N) is 1. The highest BCUT2D eigenvalue weighted by Crippen LogP contribution is 2.13. The Morgan fingerprint density at radius 2 is 2.46 bits per heavy atom. The Morgan fingerprint density at radius 3 is 3.23 bits per heavy atom. The molecule has 2 heterocycles. The molecule has 0 unspecified atom stereocenters. The van der Waals surface area contributed by atoms with E-state index in [1.54, 1.807) is 0 Å². The monoisotopic (exact) mass is 239 g/mol. The van der Waals surface area contributed by atoms with Crippen LogP contribution in [-0.4, -0.2) is 16.4 Å². The molecule has 0 aliphatic rings. The molecule has 0 spiro atoms. The van der Waals surface area contributed by atoms with Crippen LogP contribution in [0, 0.1) is 0 Å². The van der Waals surface area contributed by atoms with E-state index in [0.29, 0.717) is 0 Å². The summed E-state index contributed by atoms with van der Waals surface area (Å²) < 4.78 is 3.13. The van der Waals surface area contributed by atoms with Crippen molar-refractivity contribution >= 4 is 21.6 Å². The van der Waals surface area contributed by atoms with Gasteiger partial charge in [-0.3, -0.25) is 0 Å². The number of aromatic nitrogens is 2. The number of imidazole rings is 1. The van der Waals surface area contributed by atoms with Crippen molar-refractivity contribution in [3.05, 3.63) is 34.7 Å². The molecule has 3 nitrogen and oxygen atoms in total. The maximum absolute atomic E-state index is 4.29. The van der Waals surface area contributed by atoms with Gasteiger partial charge in [0.15, 0.2) is 0 Å². The number of halogens is 1. The van der Waals surface area contributed by atoms with Crippen molar-refractivity contribution in [1.82, 2.24) is 14.7 Å². The number of rotatable bonds is 2. The van der Waals surface area contributed by atoms with Gasteiger partial charge in [0.2, 0.25) is 0 Å². The van der Waals surface area contributed by atoms with Gasteiger partial charge in [-0.1, -0.05) is 15.9 Å². The summed E-state index contributed by atoms with van der Waals surface area (Å²) in [6.45, 7) is 0.836. The van der Waals surface area contributed by atoms with Crippen LogP contribution in [0.1, 0.15) is 5.69 Å². The van der Waals surface area contributed by atoms with Crippen LogP contribution in [0.3, 0.4) is 0 Å². The first-order chi connectivity index (χ1) is 6.31. The maximum atomic E-state index is 4.29. The van der Waals surface area contributed by atoms with E-state index in [-0.39, 0.29) is 0 Å². The lowest BCUT2D eigenvalue weighted by Crippen LogP contribution is -2.07. The second-order valence-corrected chi connectivity index (χ2v) is 3.77. The predicted octanol–water partition coefficient (Wildman–Crippen LogP) is 1.82. The molecule has 0 fully saturated rings. The molecular weight excluding hydrogens is 230 g/mol. The van der Waals surface area contributed by atoms with Gasteiger partial charge in [0.25, 0.3) is 0 Å². The van der Waals surface area contributed by atoms with Crippen LogP contribution < -0.4 is 5.32 Å². The highest BCUT2D eigenvalue weighted by molar-refractivity contribution is 9.10. The normalized spacial score (nSPS) is 10.9. The molecule has 13 heavy (non-hydrogen) atoms. The molecule has 0 aliphatic carbocycles. The Bertz CT molecular complexity index is 422. The molecule has 0 aliphatic heterocycles. The molecule has 2 aromatic heterocycles. The summed E-state index contributed by atoms with van der Waals surface area (Å²) in [6, 6.07) is 4.01. The van der Waals surface area contributed by atoms with Crippen LogP contribution in [0.4, 0.5) is 0 Å². The van der Waals surface area contributed by atoms with Crippen LogP contribution in [0.25, 0.3) is 5.65 Å². The third-order valence-corrected chi connectivity index (χ3v) is 2.40. The Balaban J connectivity index is 2.55. The minimum atomic E-state index is 0.836. The quantitative estimate of drug-likeness (QED) is 0.867. The lowest BCUT2D eigenvalue weighted by molar-refractivity contribution is 0.782. The summed E-state index contributed by atoms with van der Waals surface area (Å²) in [4.78, 5) is 4.29. The van der Waals surface area contributed by atoms with Crippen LogP contribution in [0.15, 0.2) is 29.0 Å². The number of nitrogens with zero attached hydrogens (tertiary/aromatic N) is 2. The molecule has 0 saturated heterocycles. The van der Waals surface area contributed by atoms with Crippen molar-refractivity contribution in [3.8, 4) is 0 Å². The van der Waals surface area contributed by atoms with E-state index < -0.39 is 0 Å². The molecule has 68 valence electrons. The molecule has 0 radical (unpaired) electrons. The van der Waals surface area contributed by atoms with Gasteiger partial charge in [-0.05, 0) is 19.2 Å². The van der Waals surface area contributed by atoms with E-state index in [9.17, 15) is 0 Å². The van der Waals surface area contributed by atoms with Gasteiger partial charge < -0.3 is 9.72 Å². The standard InChI is InChI=1S/C9H10BrN3/c1-11-5-8-6-12-9-4-7(10)2-3-13(8)9/h2-4,6,11H,5H2,1H3. The van der Waals surface area contributed by atoms with Crippen LogP contribution >= 0.6 is 15.9 Å². The zero-order valence-electron chi connectivity index (χ0n) is 7.29. The largest absolute Gasteiger partial charge is 0.314 e. The average molecular weight is 240 g/mol.